The second kappa shape index (κ2) is 10.3. The largest absolute Gasteiger partial charge is 0.416 e. The fraction of sp³-hybridized carbons (Fsp3) is 0.207. The van der Waals surface area contributed by atoms with Gasteiger partial charge in [0.05, 0.1) is 30.3 Å². The first-order chi connectivity index (χ1) is 19.1. The number of aryl methyl sites for hydroxylation is 1. The summed E-state index contributed by atoms with van der Waals surface area (Å²) in [6.45, 7) is 0.150. The molecule has 1 amide bonds. The maximum absolute atomic E-state index is 13.7. The molecule has 1 aliphatic rings. The predicted molar refractivity (Wildman–Crippen MR) is 142 cm³/mol. The third kappa shape index (κ3) is 5.03. The van der Waals surface area contributed by atoms with Gasteiger partial charge in [0, 0.05) is 18.2 Å². The highest BCUT2D eigenvalue weighted by Crippen LogP contribution is 2.39. The summed E-state index contributed by atoms with van der Waals surface area (Å²) in [7, 11) is 5.51. The highest BCUT2D eigenvalue weighted by atomic mass is 19.4. The number of anilines is 1. The maximum atomic E-state index is 13.7. The summed E-state index contributed by atoms with van der Waals surface area (Å²) in [5.74, 6) is 6.11. The normalized spacial score (nSPS) is 12.8. The molecule has 0 N–H and O–H groups in total. The number of nitriles is 1. The van der Waals surface area contributed by atoms with E-state index in [1.54, 1.807) is 48.3 Å². The Morgan fingerprint density at radius 1 is 1.07 bits per heavy atom. The summed E-state index contributed by atoms with van der Waals surface area (Å²) in [5.41, 5.74) is 1.57. The summed E-state index contributed by atoms with van der Waals surface area (Å²) < 4.78 is 42.9. The molecule has 4 aromatic rings. The number of nitrogens with zero attached hydrogens (tertiary/aromatic N) is 7. The van der Waals surface area contributed by atoms with Crippen molar-refractivity contribution >= 4 is 11.7 Å². The van der Waals surface area contributed by atoms with Crippen LogP contribution in [0.1, 0.15) is 32.7 Å². The zero-order chi connectivity index (χ0) is 28.6. The number of hydrogen-bond acceptors (Lipinski definition) is 6. The summed E-state index contributed by atoms with van der Waals surface area (Å²) in [6.07, 6.45) is -3.06. The molecule has 0 bridgehead atoms. The molecule has 0 saturated heterocycles. The average Bonchev–Trinajstić information content (AvgIpc) is 3.50. The first-order valence-corrected chi connectivity index (χ1v) is 12.1. The van der Waals surface area contributed by atoms with Crippen LogP contribution in [0, 0.1) is 23.2 Å². The monoisotopic (exact) mass is 541 g/mol. The lowest BCUT2D eigenvalue weighted by Gasteiger charge is -2.18. The SMILES string of the molecule is CN(C)CC#Cc1cc(-c2cc(C#N)ccc2-c2nncn2C)cc(N2Cc3c(cccc3C(F)(F)F)C2=O)n1. The van der Waals surface area contributed by atoms with Gasteiger partial charge in [-0.15, -0.1) is 10.2 Å². The van der Waals surface area contributed by atoms with Crippen LogP contribution in [0.2, 0.25) is 0 Å². The lowest BCUT2D eigenvalue weighted by atomic mass is 9.96. The molecule has 2 aromatic carbocycles. The molecular weight excluding hydrogens is 519 g/mol. The summed E-state index contributed by atoms with van der Waals surface area (Å²) in [4.78, 5) is 21.0. The van der Waals surface area contributed by atoms with Gasteiger partial charge in [-0.3, -0.25) is 14.6 Å². The van der Waals surface area contributed by atoms with Crippen LogP contribution in [0.15, 0.2) is 54.9 Å². The number of aromatic nitrogens is 4. The third-order valence-corrected chi connectivity index (χ3v) is 6.39. The van der Waals surface area contributed by atoms with Crippen molar-refractivity contribution < 1.29 is 18.0 Å². The van der Waals surface area contributed by atoms with Gasteiger partial charge in [0.15, 0.2) is 5.82 Å². The summed E-state index contributed by atoms with van der Waals surface area (Å²) in [5, 5.41) is 17.8. The molecule has 11 heteroatoms. The Balaban J connectivity index is 1.69. The Morgan fingerprint density at radius 2 is 1.88 bits per heavy atom. The fourth-order valence-electron chi connectivity index (χ4n) is 4.52. The molecule has 0 radical (unpaired) electrons. The van der Waals surface area contributed by atoms with Crippen LogP contribution in [0.4, 0.5) is 19.0 Å². The minimum atomic E-state index is -4.61. The smallest absolute Gasteiger partial charge is 0.317 e. The molecule has 0 saturated carbocycles. The molecule has 1 aliphatic heterocycles. The van der Waals surface area contributed by atoms with E-state index in [1.165, 1.54) is 17.0 Å². The van der Waals surface area contributed by atoms with Crippen molar-refractivity contribution in [2.75, 3.05) is 25.5 Å². The topological polar surface area (TPSA) is 90.9 Å². The minimum Gasteiger partial charge on any atom is -0.317 e. The molecule has 40 heavy (non-hydrogen) atoms. The van der Waals surface area contributed by atoms with E-state index in [2.05, 4.69) is 33.1 Å². The molecular formula is C29H22F3N7O. The molecule has 0 aliphatic carbocycles. The number of hydrogen-bond donors (Lipinski definition) is 0. The van der Waals surface area contributed by atoms with Gasteiger partial charge in [0.1, 0.15) is 17.8 Å². The first kappa shape index (κ1) is 26.6. The van der Waals surface area contributed by atoms with Crippen molar-refractivity contribution in [2.45, 2.75) is 12.7 Å². The number of carbonyl (C=O) groups excluding carboxylic acids is 1. The first-order valence-electron chi connectivity index (χ1n) is 12.1. The molecule has 0 atom stereocenters. The lowest BCUT2D eigenvalue weighted by molar-refractivity contribution is -0.138. The van der Waals surface area contributed by atoms with Crippen LogP contribution < -0.4 is 4.90 Å². The average molecular weight is 542 g/mol. The van der Waals surface area contributed by atoms with Crippen molar-refractivity contribution in [1.82, 2.24) is 24.6 Å². The van der Waals surface area contributed by atoms with Crippen LogP contribution in [0.25, 0.3) is 22.5 Å². The molecule has 0 fully saturated rings. The molecule has 8 nitrogen and oxygen atoms in total. The fourth-order valence-corrected chi connectivity index (χ4v) is 4.52. The van der Waals surface area contributed by atoms with Gasteiger partial charge >= 0.3 is 6.18 Å². The Hall–Kier alpha value is -5.00. The number of amides is 1. The van der Waals surface area contributed by atoms with Crippen molar-refractivity contribution in [2.24, 2.45) is 7.05 Å². The van der Waals surface area contributed by atoms with Gasteiger partial charge in [0.2, 0.25) is 0 Å². The van der Waals surface area contributed by atoms with Gasteiger partial charge in [-0.1, -0.05) is 12.0 Å². The molecule has 200 valence electrons. The quantitative estimate of drug-likeness (QED) is 0.353. The van der Waals surface area contributed by atoms with Gasteiger partial charge in [-0.25, -0.2) is 4.98 Å². The van der Waals surface area contributed by atoms with Gasteiger partial charge < -0.3 is 4.57 Å². The van der Waals surface area contributed by atoms with E-state index < -0.39 is 17.6 Å². The van der Waals surface area contributed by atoms with Gasteiger partial charge in [-0.2, -0.15) is 18.4 Å². The molecule has 0 spiro atoms. The van der Waals surface area contributed by atoms with Crippen LogP contribution in [-0.4, -0.2) is 51.2 Å². The zero-order valence-corrected chi connectivity index (χ0v) is 21.8. The highest BCUT2D eigenvalue weighted by Gasteiger charge is 2.40. The van der Waals surface area contributed by atoms with E-state index in [0.29, 0.717) is 40.3 Å². The van der Waals surface area contributed by atoms with Crippen molar-refractivity contribution in [3.8, 4) is 40.4 Å². The summed E-state index contributed by atoms with van der Waals surface area (Å²) in [6, 6.07) is 14.1. The maximum Gasteiger partial charge on any atom is 0.416 e. The van der Waals surface area contributed by atoms with Crippen molar-refractivity contribution in [3.05, 3.63) is 82.8 Å². The molecule has 3 heterocycles. The predicted octanol–water partition coefficient (Wildman–Crippen LogP) is 4.51. The van der Waals surface area contributed by atoms with E-state index in [1.807, 2.05) is 19.0 Å². The number of halogens is 3. The van der Waals surface area contributed by atoms with Crippen LogP contribution in [0.5, 0.6) is 0 Å². The number of alkyl halides is 3. The molecule has 2 aromatic heterocycles. The number of benzene rings is 2. The Kier molecular flexibility index (Phi) is 6.84. The highest BCUT2D eigenvalue weighted by molar-refractivity contribution is 6.10. The molecule has 0 unspecified atom stereocenters. The van der Waals surface area contributed by atoms with E-state index in [0.717, 1.165) is 6.07 Å². The third-order valence-electron chi connectivity index (χ3n) is 6.39. The second-order valence-electron chi connectivity index (χ2n) is 9.50. The Bertz CT molecular complexity index is 1740. The van der Waals surface area contributed by atoms with Crippen LogP contribution in [0.3, 0.4) is 0 Å². The number of rotatable bonds is 4. The molecule has 5 rings (SSSR count). The van der Waals surface area contributed by atoms with Crippen LogP contribution in [-0.2, 0) is 19.8 Å². The summed E-state index contributed by atoms with van der Waals surface area (Å²) >= 11 is 0. The number of pyridine rings is 1. The minimum absolute atomic E-state index is 0.0199. The van der Waals surface area contributed by atoms with Crippen molar-refractivity contribution in [1.29, 1.82) is 5.26 Å². The van der Waals surface area contributed by atoms with Crippen LogP contribution >= 0.6 is 0 Å². The Morgan fingerprint density at radius 3 is 2.55 bits per heavy atom. The van der Waals surface area contributed by atoms with Gasteiger partial charge in [-0.05, 0) is 79.2 Å². The lowest BCUT2D eigenvalue weighted by Crippen LogP contribution is -2.24. The number of carbonyl (C=O) groups is 1. The van der Waals surface area contributed by atoms with E-state index in [-0.39, 0.29) is 23.5 Å². The second-order valence-corrected chi connectivity index (χ2v) is 9.50. The van der Waals surface area contributed by atoms with Crippen molar-refractivity contribution in [3.63, 3.8) is 0 Å². The van der Waals surface area contributed by atoms with E-state index in [4.69, 9.17) is 0 Å². The van der Waals surface area contributed by atoms with Gasteiger partial charge in [0.25, 0.3) is 5.91 Å². The zero-order valence-electron chi connectivity index (χ0n) is 21.8. The Labute approximate surface area is 228 Å². The standard InChI is InChI=1S/C29H22F3N7O/c1-37(2)11-5-6-20-13-19(23-12-18(15-33)9-10-21(23)27-36-34-17-38(27)3)14-26(35-20)39-16-24-22(28(39)40)7-4-8-25(24)29(30,31)32/h4,7-10,12-14,17H,11,16H2,1-3H3. The van der Waals surface area contributed by atoms with E-state index >= 15 is 0 Å². The number of fused-ring (bicyclic) bond motifs is 1. The van der Waals surface area contributed by atoms with E-state index in [9.17, 15) is 23.2 Å².